The van der Waals surface area contributed by atoms with Crippen LogP contribution in [0, 0.1) is 0 Å². The molecule has 21 heavy (non-hydrogen) atoms. The maximum atomic E-state index is 11.2. The van der Waals surface area contributed by atoms with Gasteiger partial charge in [-0.3, -0.25) is 0 Å². The van der Waals surface area contributed by atoms with Gasteiger partial charge in [0.15, 0.2) is 0 Å². The van der Waals surface area contributed by atoms with Crippen LogP contribution in [0.2, 0.25) is 0 Å². The number of nitrogens with zero attached hydrogens (tertiary/aromatic N) is 2. The van der Waals surface area contributed by atoms with Gasteiger partial charge in [0.1, 0.15) is 0 Å². The summed E-state index contributed by atoms with van der Waals surface area (Å²) in [5.41, 5.74) is 1.28. The molecule has 1 rings (SSSR count). The van der Waals surface area contributed by atoms with E-state index in [2.05, 4.69) is 46.5 Å². The molecule has 0 atom stereocenters. The van der Waals surface area contributed by atoms with Crippen LogP contribution >= 0.6 is 15.9 Å². The molecule has 0 aliphatic carbocycles. The molecule has 0 amide bonds. The monoisotopic (exact) mass is 356 g/mol. The van der Waals surface area contributed by atoms with Gasteiger partial charge in [-0.15, -0.1) is 0 Å². The first kappa shape index (κ1) is 18.0. The number of carboxylic acids is 1. The van der Waals surface area contributed by atoms with Gasteiger partial charge in [-0.25, -0.2) is 4.79 Å². The van der Waals surface area contributed by atoms with Crippen molar-refractivity contribution in [1.82, 2.24) is 4.90 Å². The zero-order chi connectivity index (χ0) is 15.8. The van der Waals surface area contributed by atoms with Crippen molar-refractivity contribution >= 4 is 27.6 Å². The first-order valence-electron chi connectivity index (χ1n) is 7.52. The van der Waals surface area contributed by atoms with Crippen molar-refractivity contribution in [1.29, 1.82) is 0 Å². The van der Waals surface area contributed by atoms with Crippen LogP contribution in [0.1, 0.15) is 37.6 Å². The summed E-state index contributed by atoms with van der Waals surface area (Å²) in [5.74, 6) is -0.892. The van der Waals surface area contributed by atoms with Gasteiger partial charge in [-0.1, -0.05) is 29.8 Å². The predicted octanol–water partition coefficient (Wildman–Crippen LogP) is 3.71. The largest absolute Gasteiger partial charge is 0.478 e. The Bertz CT molecular complexity index is 462. The maximum Gasteiger partial charge on any atom is 0.335 e. The van der Waals surface area contributed by atoms with Crippen LogP contribution in [0.5, 0.6) is 0 Å². The smallest absolute Gasteiger partial charge is 0.335 e. The summed E-state index contributed by atoms with van der Waals surface area (Å²) in [6, 6.07) is 5.36. The summed E-state index contributed by atoms with van der Waals surface area (Å²) >= 11 is 3.39. The molecule has 0 aliphatic heterocycles. The number of hydrogen-bond donors (Lipinski definition) is 1. The summed E-state index contributed by atoms with van der Waals surface area (Å²) in [5, 5.41) is 9.15. The second-order valence-electron chi connectivity index (χ2n) is 4.96. The zero-order valence-electron chi connectivity index (χ0n) is 13.1. The highest BCUT2D eigenvalue weighted by Gasteiger charge is 2.11. The Morgan fingerprint density at radius 2 is 1.76 bits per heavy atom. The number of aromatic carboxylic acids is 1. The molecule has 0 spiro atoms. The van der Waals surface area contributed by atoms with Crippen molar-refractivity contribution in [3.8, 4) is 0 Å². The molecule has 0 saturated heterocycles. The van der Waals surface area contributed by atoms with Crippen LogP contribution in [0.15, 0.2) is 22.7 Å². The lowest BCUT2D eigenvalue weighted by atomic mass is 10.2. The van der Waals surface area contributed by atoms with Gasteiger partial charge in [-0.05, 0) is 51.2 Å². The molecule has 118 valence electrons. The van der Waals surface area contributed by atoms with Crippen LogP contribution in [0.3, 0.4) is 0 Å². The van der Waals surface area contributed by atoms with Gasteiger partial charge in [0, 0.05) is 23.2 Å². The third kappa shape index (κ3) is 5.67. The zero-order valence-corrected chi connectivity index (χ0v) is 14.7. The summed E-state index contributed by atoms with van der Waals surface area (Å²) in [6.07, 6.45) is 1.07. The van der Waals surface area contributed by atoms with Crippen LogP contribution in [0.4, 0.5) is 5.69 Å². The Labute approximate surface area is 135 Å². The van der Waals surface area contributed by atoms with Crippen LogP contribution in [-0.2, 0) is 0 Å². The standard InChI is InChI=1S/C16H25BrN2O2/c1-4-18(5-2)8-7-9-19(6-3)15-11-13(16(20)21)10-14(17)12-15/h10-12H,4-9H2,1-3H3,(H,20,21). The average molecular weight is 357 g/mol. The normalized spacial score (nSPS) is 10.9. The van der Waals surface area contributed by atoms with Crippen LogP contribution < -0.4 is 4.90 Å². The summed E-state index contributed by atoms with van der Waals surface area (Å²) < 4.78 is 0.805. The molecule has 0 radical (unpaired) electrons. The van der Waals surface area contributed by atoms with Gasteiger partial charge in [0.05, 0.1) is 5.56 Å². The Morgan fingerprint density at radius 3 is 2.29 bits per heavy atom. The topological polar surface area (TPSA) is 43.8 Å². The number of carbonyl (C=O) groups is 1. The predicted molar refractivity (Wildman–Crippen MR) is 91.4 cm³/mol. The minimum Gasteiger partial charge on any atom is -0.478 e. The molecule has 0 bridgehead atoms. The van der Waals surface area contributed by atoms with Crippen molar-refractivity contribution in [2.24, 2.45) is 0 Å². The first-order valence-corrected chi connectivity index (χ1v) is 8.32. The number of rotatable bonds is 9. The molecule has 5 heteroatoms. The molecule has 1 N–H and O–H groups in total. The summed E-state index contributed by atoms with van der Waals surface area (Å²) in [6.45, 7) is 11.5. The second-order valence-corrected chi connectivity index (χ2v) is 5.88. The lowest BCUT2D eigenvalue weighted by molar-refractivity contribution is 0.0697. The molecule has 4 nitrogen and oxygen atoms in total. The molecule has 1 aromatic rings. The van der Waals surface area contributed by atoms with Crippen LogP contribution in [-0.4, -0.2) is 48.7 Å². The van der Waals surface area contributed by atoms with E-state index >= 15 is 0 Å². The van der Waals surface area contributed by atoms with E-state index in [-0.39, 0.29) is 0 Å². The number of benzene rings is 1. The number of carboxylic acid groups (broad SMARTS) is 1. The van der Waals surface area contributed by atoms with Crippen LogP contribution in [0.25, 0.3) is 0 Å². The number of hydrogen-bond acceptors (Lipinski definition) is 3. The minimum atomic E-state index is -0.892. The highest BCUT2D eigenvalue weighted by Crippen LogP contribution is 2.23. The van der Waals surface area contributed by atoms with Crippen molar-refractivity contribution < 1.29 is 9.90 Å². The summed E-state index contributed by atoms with van der Waals surface area (Å²) in [4.78, 5) is 15.8. The molecule has 0 aliphatic rings. The highest BCUT2D eigenvalue weighted by atomic mass is 79.9. The molecule has 0 saturated carbocycles. The van der Waals surface area contributed by atoms with E-state index < -0.39 is 5.97 Å². The Balaban J connectivity index is 2.73. The van der Waals surface area contributed by atoms with E-state index in [1.165, 1.54) is 0 Å². The minimum absolute atomic E-state index is 0.321. The van der Waals surface area contributed by atoms with E-state index in [0.717, 1.165) is 49.3 Å². The maximum absolute atomic E-state index is 11.2. The molecular formula is C16H25BrN2O2. The van der Waals surface area contributed by atoms with Gasteiger partial charge < -0.3 is 14.9 Å². The number of anilines is 1. The average Bonchev–Trinajstić information content (AvgIpc) is 2.47. The molecule has 0 aromatic heterocycles. The fourth-order valence-electron chi connectivity index (χ4n) is 2.37. The van der Waals surface area contributed by atoms with Gasteiger partial charge in [0.25, 0.3) is 0 Å². The molecule has 1 aromatic carbocycles. The van der Waals surface area contributed by atoms with Crippen molar-refractivity contribution in [3.63, 3.8) is 0 Å². The van der Waals surface area contributed by atoms with Gasteiger partial charge in [0.2, 0.25) is 0 Å². The van der Waals surface area contributed by atoms with E-state index in [9.17, 15) is 4.79 Å². The second kappa shape index (κ2) is 9.05. The molecule has 0 unspecified atom stereocenters. The van der Waals surface area contributed by atoms with E-state index in [1.807, 2.05) is 6.07 Å². The van der Waals surface area contributed by atoms with Gasteiger partial charge in [-0.2, -0.15) is 0 Å². The van der Waals surface area contributed by atoms with E-state index in [1.54, 1.807) is 12.1 Å². The Hall–Kier alpha value is -1.07. The highest BCUT2D eigenvalue weighted by molar-refractivity contribution is 9.10. The van der Waals surface area contributed by atoms with Gasteiger partial charge >= 0.3 is 5.97 Å². The summed E-state index contributed by atoms with van der Waals surface area (Å²) in [7, 11) is 0. The first-order chi connectivity index (χ1) is 10.0. The molecular weight excluding hydrogens is 332 g/mol. The SMILES string of the molecule is CCN(CC)CCCN(CC)c1cc(Br)cc(C(=O)O)c1. The molecule has 0 heterocycles. The Morgan fingerprint density at radius 1 is 1.10 bits per heavy atom. The van der Waals surface area contributed by atoms with Crippen molar-refractivity contribution in [2.75, 3.05) is 37.6 Å². The lowest BCUT2D eigenvalue weighted by Crippen LogP contribution is -2.30. The molecule has 0 fully saturated rings. The fraction of sp³-hybridized carbons (Fsp3) is 0.562. The fourth-order valence-corrected chi connectivity index (χ4v) is 2.86. The lowest BCUT2D eigenvalue weighted by Gasteiger charge is -2.25. The number of halogens is 1. The van der Waals surface area contributed by atoms with Crippen molar-refractivity contribution in [2.45, 2.75) is 27.2 Å². The third-order valence-corrected chi connectivity index (χ3v) is 4.13. The van der Waals surface area contributed by atoms with Crippen molar-refractivity contribution in [3.05, 3.63) is 28.2 Å². The van der Waals surface area contributed by atoms with E-state index in [0.29, 0.717) is 5.56 Å². The van der Waals surface area contributed by atoms with E-state index in [4.69, 9.17) is 5.11 Å². The third-order valence-electron chi connectivity index (χ3n) is 3.67. The quantitative estimate of drug-likeness (QED) is 0.732. The Kier molecular flexibility index (Phi) is 7.75.